The fraction of sp³-hybridized carbons (Fsp3) is 0.543. The zero-order chi connectivity index (χ0) is 47.9. The summed E-state index contributed by atoms with van der Waals surface area (Å²) in [6.07, 6.45) is 6.75. The van der Waals surface area contributed by atoms with E-state index in [0.717, 1.165) is 10.9 Å². The molecule has 21 nitrogen and oxygen atoms in total. The second-order valence-electron chi connectivity index (χ2n) is 17.7. The molecular weight excluding hydrogens is 865 g/mol. The van der Waals surface area contributed by atoms with Gasteiger partial charge in [-0.05, 0) is 106 Å². The molecule has 0 bridgehead atoms. The number of carbonyl (C=O) groups is 7. The van der Waals surface area contributed by atoms with Crippen LogP contribution in [0.4, 0.5) is 0 Å². The number of H-pyrrole nitrogens is 1. The van der Waals surface area contributed by atoms with Crippen LogP contribution in [-0.2, 0) is 46.4 Å². The second kappa shape index (κ2) is 24.2. The van der Waals surface area contributed by atoms with Crippen molar-refractivity contribution in [3.8, 4) is 0 Å². The van der Waals surface area contributed by atoms with Gasteiger partial charge in [0.15, 0.2) is 5.96 Å². The molecule has 4 heterocycles. The van der Waals surface area contributed by atoms with E-state index in [1.165, 1.54) is 4.90 Å². The average Bonchev–Trinajstić information content (AvgIpc) is 3.97. The summed E-state index contributed by atoms with van der Waals surface area (Å²) < 4.78 is 0. The summed E-state index contributed by atoms with van der Waals surface area (Å²) in [5.74, 6) is -4.97. The number of rotatable bonds is 15. The van der Waals surface area contributed by atoms with Crippen LogP contribution in [0, 0.1) is 5.92 Å². The fourth-order valence-corrected chi connectivity index (χ4v) is 9.13. The van der Waals surface area contributed by atoms with Crippen LogP contribution in [0.15, 0.2) is 59.9 Å². The van der Waals surface area contributed by atoms with E-state index in [1.54, 1.807) is 42.7 Å². The number of aliphatic carboxylic acids is 1. The van der Waals surface area contributed by atoms with E-state index in [0.29, 0.717) is 49.7 Å². The third kappa shape index (κ3) is 14.4. The maximum absolute atomic E-state index is 14.6. The van der Waals surface area contributed by atoms with E-state index in [4.69, 9.17) is 11.5 Å². The minimum absolute atomic E-state index is 0.00204. The summed E-state index contributed by atoms with van der Waals surface area (Å²) in [4.78, 5) is 111. The van der Waals surface area contributed by atoms with Gasteiger partial charge in [-0.25, -0.2) is 4.98 Å². The number of hydrogen-bond donors (Lipinski definition) is 11. The number of nitrogens with two attached hydrogens (primary N) is 2. The van der Waals surface area contributed by atoms with E-state index in [2.05, 4.69) is 46.9 Å². The van der Waals surface area contributed by atoms with Gasteiger partial charge < -0.3 is 58.1 Å². The molecule has 362 valence electrons. The molecule has 3 aliphatic rings. The quantitative estimate of drug-likeness (QED) is 0.0507. The molecule has 1 aromatic carbocycles. The molecule has 6 atom stereocenters. The lowest BCUT2D eigenvalue weighted by molar-refractivity contribution is -0.143. The van der Waals surface area contributed by atoms with Gasteiger partial charge in [0.2, 0.25) is 35.4 Å². The lowest BCUT2D eigenvalue weighted by atomic mass is 9.83. The molecule has 0 spiro atoms. The van der Waals surface area contributed by atoms with Crippen molar-refractivity contribution in [2.75, 3.05) is 26.2 Å². The van der Waals surface area contributed by atoms with E-state index in [-0.39, 0.29) is 76.5 Å². The van der Waals surface area contributed by atoms with Crippen molar-refractivity contribution in [2.24, 2.45) is 22.4 Å². The highest BCUT2D eigenvalue weighted by Gasteiger charge is 2.41. The second-order valence-corrected chi connectivity index (χ2v) is 17.7. The van der Waals surface area contributed by atoms with Gasteiger partial charge >= 0.3 is 5.97 Å². The molecule has 6 amide bonds. The lowest BCUT2D eigenvalue weighted by Crippen LogP contribution is -2.60. The highest BCUT2D eigenvalue weighted by molar-refractivity contribution is 5.97. The number of nitrogens with one attached hydrogen (secondary N) is 7. The summed E-state index contributed by atoms with van der Waals surface area (Å²) in [6.45, 7) is -0.149. The molecule has 1 aliphatic carbocycles. The first-order valence-corrected chi connectivity index (χ1v) is 23.2. The molecule has 0 unspecified atom stereocenters. The van der Waals surface area contributed by atoms with Gasteiger partial charge in [-0.15, -0.1) is 0 Å². The Hall–Kier alpha value is -6.61. The number of carbonyl (C=O) groups excluding carboxylic acids is 6. The molecule has 3 aromatic rings. The Labute approximate surface area is 388 Å². The Bertz CT molecular complexity index is 2230. The largest absolute Gasteiger partial charge is 0.480 e. The van der Waals surface area contributed by atoms with Crippen molar-refractivity contribution in [1.82, 2.24) is 46.8 Å². The normalized spacial score (nSPS) is 25.1. The first-order valence-electron chi connectivity index (χ1n) is 23.2. The number of fused-ring (bicyclic) bond motifs is 2. The van der Waals surface area contributed by atoms with Crippen LogP contribution in [0.3, 0.4) is 0 Å². The van der Waals surface area contributed by atoms with Crippen molar-refractivity contribution in [3.05, 3.63) is 66.0 Å². The zero-order valence-electron chi connectivity index (χ0n) is 37.6. The number of aliphatic imine (C=N–C) groups is 1. The minimum atomic E-state index is -1.23. The number of benzene rings is 1. The van der Waals surface area contributed by atoms with Crippen LogP contribution in [0.1, 0.15) is 81.8 Å². The van der Waals surface area contributed by atoms with Gasteiger partial charge in [0, 0.05) is 43.8 Å². The van der Waals surface area contributed by atoms with Crippen molar-refractivity contribution in [1.29, 1.82) is 0 Å². The Morgan fingerprint density at radius 2 is 1.60 bits per heavy atom. The monoisotopic (exact) mass is 928 g/mol. The van der Waals surface area contributed by atoms with Crippen LogP contribution in [0.25, 0.3) is 11.0 Å². The number of amides is 6. The van der Waals surface area contributed by atoms with Crippen LogP contribution in [0.5, 0.6) is 0 Å². The molecule has 1 saturated carbocycles. The first-order chi connectivity index (χ1) is 32.2. The SMILES string of the molecule is NC(N)=NCCC[C@@H]1NC(=O)[C@H](Cc2c[nH]c3ncccc23)NC(=O)[C@@H](CC2CCC(O)CC2)NC(=O)[C@@H]2CCCN2C(=O)[C@@H](NC(=O)[C@H](Cc2ccccc2)NCC(=O)O)CCCNC1=O. The van der Waals surface area contributed by atoms with Crippen molar-refractivity contribution < 1.29 is 43.8 Å². The van der Waals surface area contributed by atoms with Crippen LogP contribution >= 0.6 is 0 Å². The van der Waals surface area contributed by atoms with E-state index >= 15 is 0 Å². The molecule has 13 N–H and O–H groups in total. The zero-order valence-corrected chi connectivity index (χ0v) is 37.6. The number of aromatic nitrogens is 2. The Kier molecular flexibility index (Phi) is 18.0. The maximum Gasteiger partial charge on any atom is 0.317 e. The number of aliphatic hydroxyl groups is 1. The number of carboxylic acids is 1. The Balaban J connectivity index is 1.31. The summed E-state index contributed by atoms with van der Waals surface area (Å²) in [7, 11) is 0. The summed E-state index contributed by atoms with van der Waals surface area (Å²) in [5, 5.41) is 37.6. The van der Waals surface area contributed by atoms with Crippen LogP contribution in [0.2, 0.25) is 0 Å². The number of hydrogen-bond acceptors (Lipinski definition) is 11. The van der Waals surface area contributed by atoms with Crippen molar-refractivity contribution in [2.45, 2.75) is 126 Å². The molecule has 21 heteroatoms. The maximum atomic E-state index is 14.6. The predicted molar refractivity (Wildman–Crippen MR) is 247 cm³/mol. The molecule has 6 rings (SSSR count). The molecule has 67 heavy (non-hydrogen) atoms. The lowest BCUT2D eigenvalue weighted by Gasteiger charge is -2.33. The van der Waals surface area contributed by atoms with Crippen LogP contribution < -0.4 is 43.4 Å². The Morgan fingerprint density at radius 3 is 2.34 bits per heavy atom. The van der Waals surface area contributed by atoms with Gasteiger partial charge in [0.05, 0.1) is 18.7 Å². The number of aromatic amines is 1. The molecule has 3 fully saturated rings. The smallest absolute Gasteiger partial charge is 0.317 e. The van der Waals surface area contributed by atoms with Crippen LogP contribution in [-0.4, -0.2) is 141 Å². The van der Waals surface area contributed by atoms with Gasteiger partial charge in [-0.2, -0.15) is 0 Å². The van der Waals surface area contributed by atoms with Crippen molar-refractivity contribution in [3.63, 3.8) is 0 Å². The number of carboxylic acid groups (broad SMARTS) is 1. The van der Waals surface area contributed by atoms with Gasteiger partial charge in [-0.1, -0.05) is 30.3 Å². The molecule has 2 saturated heterocycles. The topological polar surface area (TPSA) is 328 Å². The van der Waals surface area contributed by atoms with E-state index < -0.39 is 90.3 Å². The average molecular weight is 929 g/mol. The first kappa shape index (κ1) is 49.8. The standard InChI is InChI=1S/C46H64N12O9/c47-46(48)51-20-5-11-32-40(62)50-19-6-12-33(55-41(63)34(52-26-38(60)61)22-27-8-2-1-3-9-27)45(67)58-21-7-13-37(58)44(66)57-35(23-28-14-16-30(59)17-15-28)42(64)56-36(43(65)54-32)24-29-25-53-39-31(29)10-4-18-49-39/h1-4,8-10,18,25,28,30,32-37,52,59H,5-7,11-17,19-24,26H2,(H,49,53)(H,50,62)(H,54,65)(H,55,63)(H,56,64)(H,57,66)(H,60,61)(H4,47,48,51)/t28?,30?,32-,33-,34-,35+,36-,37-/m0/s1. The number of nitrogens with zero attached hydrogens (tertiary/aromatic N) is 3. The van der Waals surface area contributed by atoms with Crippen molar-refractivity contribution >= 4 is 58.4 Å². The summed E-state index contributed by atoms with van der Waals surface area (Å²) in [6, 6.07) is 5.83. The third-order valence-electron chi connectivity index (χ3n) is 12.7. The van der Waals surface area contributed by atoms with Gasteiger partial charge in [-0.3, -0.25) is 43.9 Å². The van der Waals surface area contributed by atoms with E-state index in [9.17, 15) is 43.8 Å². The number of pyridine rings is 1. The molecular formula is C46H64N12O9. The molecule has 2 aliphatic heterocycles. The van der Waals surface area contributed by atoms with Gasteiger partial charge in [0.25, 0.3) is 0 Å². The third-order valence-corrected chi connectivity index (χ3v) is 12.7. The number of guanidine groups is 1. The predicted octanol–water partition coefficient (Wildman–Crippen LogP) is -0.774. The number of aliphatic hydroxyl groups excluding tert-OH is 1. The summed E-state index contributed by atoms with van der Waals surface area (Å²) in [5.41, 5.74) is 13.1. The Morgan fingerprint density at radius 1 is 0.866 bits per heavy atom. The summed E-state index contributed by atoms with van der Waals surface area (Å²) >= 11 is 0. The minimum Gasteiger partial charge on any atom is -0.480 e. The van der Waals surface area contributed by atoms with E-state index in [1.807, 2.05) is 12.1 Å². The fourth-order valence-electron chi connectivity index (χ4n) is 9.13. The molecule has 0 radical (unpaired) electrons. The highest BCUT2D eigenvalue weighted by atomic mass is 16.4. The molecule has 2 aromatic heterocycles. The van der Waals surface area contributed by atoms with Gasteiger partial charge in [0.1, 0.15) is 35.9 Å². The highest BCUT2D eigenvalue weighted by Crippen LogP contribution is 2.29.